The Bertz CT molecular complexity index is 584. The van der Waals surface area contributed by atoms with Crippen LogP contribution in [0.15, 0.2) is 0 Å². The van der Waals surface area contributed by atoms with Crippen LogP contribution in [0.25, 0.3) is 0 Å². The van der Waals surface area contributed by atoms with E-state index in [1.165, 1.54) is 16.9 Å². The number of methoxy groups -OCH3 is 1. The molecule has 28 heavy (non-hydrogen) atoms. The summed E-state index contributed by atoms with van der Waals surface area (Å²) in [6.45, 7) is 2.31. The Balaban J connectivity index is 2.08. The lowest BCUT2D eigenvalue weighted by Gasteiger charge is -2.41. The molecule has 0 saturated carbocycles. The molecule has 1 amide bonds. The van der Waals surface area contributed by atoms with E-state index in [0.29, 0.717) is 12.8 Å². The Morgan fingerprint density at radius 1 is 1.14 bits per heavy atom. The van der Waals surface area contributed by atoms with Crippen molar-refractivity contribution in [1.29, 1.82) is 0 Å². The van der Waals surface area contributed by atoms with Crippen molar-refractivity contribution in [3.8, 4) is 0 Å². The maximum absolute atomic E-state index is 13.3. The number of esters is 1. The third kappa shape index (κ3) is 5.59. The summed E-state index contributed by atoms with van der Waals surface area (Å²) in [6.07, 6.45) is -4.32. The largest absolute Gasteiger partial charge is 0.466 e. The summed E-state index contributed by atoms with van der Waals surface area (Å²) in [5, 5.41) is 0. The first-order chi connectivity index (χ1) is 13.2. The first kappa shape index (κ1) is 22.4. The highest BCUT2D eigenvalue weighted by molar-refractivity contribution is 5.96. The van der Waals surface area contributed by atoms with Gasteiger partial charge < -0.3 is 14.4 Å². The van der Waals surface area contributed by atoms with Gasteiger partial charge in [0.1, 0.15) is 18.2 Å². The Morgan fingerprint density at radius 3 is 2.46 bits per heavy atom. The predicted octanol–water partition coefficient (Wildman–Crippen LogP) is 2.38. The molecule has 2 rings (SSSR count). The minimum absolute atomic E-state index is 0.0163. The first-order valence-corrected chi connectivity index (χ1v) is 9.51. The molecule has 2 fully saturated rings. The van der Waals surface area contributed by atoms with Crippen LogP contribution in [0.2, 0.25) is 0 Å². The summed E-state index contributed by atoms with van der Waals surface area (Å²) in [4.78, 5) is 38.8. The van der Waals surface area contributed by atoms with Gasteiger partial charge in [-0.05, 0) is 39.2 Å². The van der Waals surface area contributed by atoms with E-state index < -0.39 is 36.2 Å². The zero-order chi connectivity index (χ0) is 20.9. The van der Waals surface area contributed by atoms with Crippen LogP contribution in [0.1, 0.15) is 39.0 Å². The summed E-state index contributed by atoms with van der Waals surface area (Å²) in [6, 6.07) is -2.12. The molecule has 0 N–H and O–H groups in total. The van der Waals surface area contributed by atoms with Gasteiger partial charge >= 0.3 is 18.2 Å². The lowest BCUT2D eigenvalue weighted by Crippen LogP contribution is -2.54. The Morgan fingerprint density at radius 2 is 1.86 bits per heavy atom. The van der Waals surface area contributed by atoms with Gasteiger partial charge in [-0.2, -0.15) is 13.2 Å². The van der Waals surface area contributed by atoms with Crippen molar-refractivity contribution in [2.75, 3.05) is 33.4 Å². The van der Waals surface area contributed by atoms with E-state index in [1.807, 2.05) is 0 Å². The van der Waals surface area contributed by atoms with E-state index in [0.717, 1.165) is 0 Å². The molecule has 0 spiro atoms. The standard InChI is InChI=1S/C18H27F3N2O5/c1-3-28-16(25)10-14(24)12-6-8-23(17(26)27-2)13(9-12)11-22-7-4-5-15(22)18(19,20)21/h12-13,15H,3-11H2,1-2H3/t12?,13?,15-/m1/s1. The molecule has 2 heterocycles. The molecular formula is C18H27F3N2O5. The van der Waals surface area contributed by atoms with Crippen LogP contribution < -0.4 is 0 Å². The third-order valence-electron chi connectivity index (χ3n) is 5.39. The quantitative estimate of drug-likeness (QED) is 0.496. The number of carbonyl (C=O) groups is 3. The number of carbonyl (C=O) groups excluding carboxylic acids is 3. The molecule has 7 nitrogen and oxygen atoms in total. The van der Waals surface area contributed by atoms with Gasteiger partial charge in [0.2, 0.25) is 0 Å². The zero-order valence-corrected chi connectivity index (χ0v) is 16.2. The number of hydrogen-bond donors (Lipinski definition) is 0. The fraction of sp³-hybridized carbons (Fsp3) is 0.833. The van der Waals surface area contributed by atoms with Crippen molar-refractivity contribution in [2.24, 2.45) is 5.92 Å². The molecule has 0 radical (unpaired) electrons. The number of halogens is 3. The molecule has 0 aromatic rings. The molecule has 2 aliphatic rings. The molecule has 0 bridgehead atoms. The third-order valence-corrected chi connectivity index (χ3v) is 5.39. The summed E-state index contributed by atoms with van der Waals surface area (Å²) in [5.74, 6) is -1.42. The minimum Gasteiger partial charge on any atom is -0.466 e. The molecule has 0 aliphatic carbocycles. The smallest absolute Gasteiger partial charge is 0.409 e. The molecule has 0 aromatic carbocycles. The summed E-state index contributed by atoms with van der Waals surface area (Å²) >= 11 is 0. The SMILES string of the molecule is CCOC(=O)CC(=O)C1CCN(C(=O)OC)C(CN2CCC[C@@H]2C(F)(F)F)C1. The number of amides is 1. The van der Waals surface area contributed by atoms with Gasteiger partial charge in [-0.25, -0.2) is 4.79 Å². The topological polar surface area (TPSA) is 76.2 Å². The van der Waals surface area contributed by atoms with Crippen molar-refractivity contribution in [2.45, 2.75) is 57.3 Å². The molecule has 3 atom stereocenters. The average molecular weight is 408 g/mol. The molecule has 160 valence electrons. The number of ether oxygens (including phenoxy) is 2. The fourth-order valence-corrected chi connectivity index (χ4v) is 4.06. The Kier molecular flexibility index (Phi) is 7.68. The number of likely N-dealkylation sites (tertiary alicyclic amines) is 2. The van der Waals surface area contributed by atoms with Gasteiger partial charge in [0.15, 0.2) is 0 Å². The maximum Gasteiger partial charge on any atom is 0.409 e. The summed E-state index contributed by atoms with van der Waals surface area (Å²) in [7, 11) is 1.21. The fourth-order valence-electron chi connectivity index (χ4n) is 4.06. The molecule has 10 heteroatoms. The van der Waals surface area contributed by atoms with Crippen molar-refractivity contribution in [3.63, 3.8) is 0 Å². The minimum atomic E-state index is -4.33. The number of rotatable bonds is 6. The van der Waals surface area contributed by atoms with Crippen LogP contribution in [0.4, 0.5) is 18.0 Å². The van der Waals surface area contributed by atoms with Crippen LogP contribution in [0, 0.1) is 5.92 Å². The Hall–Kier alpha value is -1.84. The van der Waals surface area contributed by atoms with Crippen LogP contribution >= 0.6 is 0 Å². The van der Waals surface area contributed by atoms with Gasteiger partial charge in [-0.1, -0.05) is 0 Å². The number of Topliss-reactive ketones (excluding diaryl/α,β-unsaturated/α-hetero) is 1. The predicted molar refractivity (Wildman–Crippen MR) is 92.5 cm³/mol. The van der Waals surface area contributed by atoms with Crippen LogP contribution in [0.5, 0.6) is 0 Å². The highest BCUT2D eigenvalue weighted by Crippen LogP contribution is 2.34. The van der Waals surface area contributed by atoms with Gasteiger partial charge in [-0.3, -0.25) is 14.5 Å². The number of hydrogen-bond acceptors (Lipinski definition) is 6. The van der Waals surface area contributed by atoms with E-state index in [4.69, 9.17) is 9.47 Å². The van der Waals surface area contributed by atoms with Crippen LogP contribution in [-0.2, 0) is 19.1 Å². The second kappa shape index (κ2) is 9.58. The van der Waals surface area contributed by atoms with E-state index in [9.17, 15) is 27.6 Å². The number of ketones is 1. The lowest BCUT2D eigenvalue weighted by molar-refractivity contribution is -0.177. The Labute approximate surface area is 162 Å². The first-order valence-electron chi connectivity index (χ1n) is 9.51. The normalized spacial score (nSPS) is 26.2. The van der Waals surface area contributed by atoms with E-state index >= 15 is 0 Å². The highest BCUT2D eigenvalue weighted by Gasteiger charge is 2.47. The summed E-state index contributed by atoms with van der Waals surface area (Å²) in [5.41, 5.74) is 0. The second-order valence-corrected chi connectivity index (χ2v) is 7.18. The van der Waals surface area contributed by atoms with E-state index in [1.54, 1.807) is 6.92 Å². The van der Waals surface area contributed by atoms with Crippen molar-refractivity contribution in [1.82, 2.24) is 9.80 Å². The zero-order valence-electron chi connectivity index (χ0n) is 16.2. The molecule has 2 unspecified atom stereocenters. The highest BCUT2D eigenvalue weighted by atomic mass is 19.4. The lowest BCUT2D eigenvalue weighted by atomic mass is 9.86. The molecule has 0 aromatic heterocycles. The van der Waals surface area contributed by atoms with E-state index in [-0.39, 0.29) is 51.3 Å². The number of alkyl halides is 3. The maximum atomic E-state index is 13.3. The van der Waals surface area contributed by atoms with Crippen LogP contribution in [0.3, 0.4) is 0 Å². The van der Waals surface area contributed by atoms with Crippen molar-refractivity contribution in [3.05, 3.63) is 0 Å². The van der Waals surface area contributed by atoms with Gasteiger partial charge in [-0.15, -0.1) is 0 Å². The summed E-state index contributed by atoms with van der Waals surface area (Å²) < 4.78 is 49.3. The van der Waals surface area contributed by atoms with Crippen molar-refractivity contribution >= 4 is 17.8 Å². The molecule has 2 aliphatic heterocycles. The van der Waals surface area contributed by atoms with Gasteiger partial charge in [0.25, 0.3) is 0 Å². The average Bonchev–Trinajstić information content (AvgIpc) is 3.09. The second-order valence-electron chi connectivity index (χ2n) is 7.18. The van der Waals surface area contributed by atoms with Gasteiger partial charge in [0.05, 0.1) is 13.7 Å². The van der Waals surface area contributed by atoms with Gasteiger partial charge in [0, 0.05) is 25.0 Å². The number of nitrogens with zero attached hydrogens (tertiary/aromatic N) is 2. The van der Waals surface area contributed by atoms with Crippen molar-refractivity contribution < 1.29 is 37.0 Å². The molecule has 2 saturated heterocycles. The number of piperidine rings is 1. The van der Waals surface area contributed by atoms with E-state index in [2.05, 4.69) is 0 Å². The van der Waals surface area contributed by atoms with Crippen LogP contribution in [-0.4, -0.2) is 79.3 Å². The monoisotopic (exact) mass is 408 g/mol. The molecular weight excluding hydrogens is 381 g/mol.